The maximum Gasteiger partial charge on any atom is 0.174 e. The second-order valence-electron chi connectivity index (χ2n) is 7.81. The van der Waals surface area contributed by atoms with Crippen molar-refractivity contribution < 1.29 is 0 Å². The molecule has 1 aliphatic heterocycles. The van der Waals surface area contributed by atoms with Crippen molar-refractivity contribution in [1.29, 1.82) is 0 Å². The number of anilines is 1. The molecular formula is C20H29N5. The first-order chi connectivity index (χ1) is 12.2. The van der Waals surface area contributed by atoms with Crippen LogP contribution in [-0.2, 0) is 12.0 Å². The standard InChI is InChI=1S/C20H29N5/c1-3-4-8-13-25-19(22-23-24-25)18-20(11-6-5-7-12-20)16-14-15(2)9-10-17(16)21-18/h9-10,14,18,21H,3-8,11-13H2,1-2H3. The van der Waals surface area contributed by atoms with E-state index in [0.717, 1.165) is 18.8 Å². The topological polar surface area (TPSA) is 55.6 Å². The van der Waals surface area contributed by atoms with E-state index in [2.05, 4.69) is 52.9 Å². The number of aryl methyl sites for hydroxylation is 2. The van der Waals surface area contributed by atoms with Gasteiger partial charge in [0.15, 0.2) is 5.82 Å². The normalized spacial score (nSPS) is 21.3. The number of nitrogens with zero attached hydrogens (tertiary/aromatic N) is 4. The van der Waals surface area contributed by atoms with Crippen LogP contribution in [-0.4, -0.2) is 20.2 Å². The van der Waals surface area contributed by atoms with Crippen LogP contribution in [0.2, 0.25) is 0 Å². The molecule has 2 aromatic rings. The fourth-order valence-electron chi connectivity index (χ4n) is 4.79. The van der Waals surface area contributed by atoms with E-state index in [1.807, 2.05) is 4.68 Å². The van der Waals surface area contributed by atoms with Crippen LogP contribution in [0.3, 0.4) is 0 Å². The Morgan fingerprint density at radius 1 is 1.20 bits per heavy atom. The number of hydrogen-bond donors (Lipinski definition) is 1. The largest absolute Gasteiger partial charge is 0.374 e. The molecule has 1 saturated carbocycles. The van der Waals surface area contributed by atoms with Crippen LogP contribution < -0.4 is 5.32 Å². The van der Waals surface area contributed by atoms with Crippen LogP contribution in [0.4, 0.5) is 5.69 Å². The van der Waals surface area contributed by atoms with E-state index < -0.39 is 0 Å². The smallest absolute Gasteiger partial charge is 0.174 e. The molecule has 1 aromatic heterocycles. The molecular weight excluding hydrogens is 310 g/mol. The zero-order valence-electron chi connectivity index (χ0n) is 15.5. The molecule has 134 valence electrons. The maximum absolute atomic E-state index is 4.47. The van der Waals surface area contributed by atoms with E-state index >= 15 is 0 Å². The molecule has 1 aromatic carbocycles. The SMILES string of the molecule is CCCCCn1nnnc1C1Nc2ccc(C)cc2C12CCCCC2. The molecule has 25 heavy (non-hydrogen) atoms. The molecule has 0 bridgehead atoms. The monoisotopic (exact) mass is 339 g/mol. The molecule has 2 heterocycles. The Kier molecular flexibility index (Phi) is 4.48. The molecule has 1 aliphatic carbocycles. The first-order valence-electron chi connectivity index (χ1n) is 9.88. The van der Waals surface area contributed by atoms with Crippen molar-refractivity contribution in [3.63, 3.8) is 0 Å². The van der Waals surface area contributed by atoms with Crippen molar-refractivity contribution in [2.24, 2.45) is 0 Å². The molecule has 0 radical (unpaired) electrons. The summed E-state index contributed by atoms with van der Waals surface area (Å²) in [4.78, 5) is 0. The Bertz CT molecular complexity index is 729. The van der Waals surface area contributed by atoms with Gasteiger partial charge in [0.1, 0.15) is 0 Å². The third kappa shape index (κ3) is 2.83. The summed E-state index contributed by atoms with van der Waals surface area (Å²) < 4.78 is 2.04. The van der Waals surface area contributed by atoms with Crippen LogP contribution in [0.1, 0.15) is 81.3 Å². The number of nitrogens with one attached hydrogen (secondary N) is 1. The summed E-state index contributed by atoms with van der Waals surface area (Å²) in [6.45, 7) is 5.34. The highest BCUT2D eigenvalue weighted by Crippen LogP contribution is 2.55. The maximum atomic E-state index is 4.47. The van der Waals surface area contributed by atoms with Gasteiger partial charge in [-0.3, -0.25) is 0 Å². The molecule has 1 unspecified atom stereocenters. The molecule has 5 heteroatoms. The lowest BCUT2D eigenvalue weighted by Crippen LogP contribution is -2.36. The molecule has 5 nitrogen and oxygen atoms in total. The van der Waals surface area contributed by atoms with E-state index in [9.17, 15) is 0 Å². The van der Waals surface area contributed by atoms with Gasteiger partial charge in [0.2, 0.25) is 0 Å². The van der Waals surface area contributed by atoms with Crippen molar-refractivity contribution in [2.45, 2.75) is 83.2 Å². The van der Waals surface area contributed by atoms with E-state index in [4.69, 9.17) is 0 Å². The van der Waals surface area contributed by atoms with Crippen molar-refractivity contribution in [2.75, 3.05) is 5.32 Å². The summed E-state index contributed by atoms with van der Waals surface area (Å²) in [6.07, 6.45) is 9.96. The average molecular weight is 339 g/mol. The van der Waals surface area contributed by atoms with Gasteiger partial charge in [0, 0.05) is 17.6 Å². The van der Waals surface area contributed by atoms with Crippen LogP contribution in [0.25, 0.3) is 0 Å². The Morgan fingerprint density at radius 3 is 2.84 bits per heavy atom. The lowest BCUT2D eigenvalue weighted by Gasteiger charge is -2.38. The quantitative estimate of drug-likeness (QED) is 0.813. The van der Waals surface area contributed by atoms with Crippen LogP contribution in [0.15, 0.2) is 18.2 Å². The van der Waals surface area contributed by atoms with Crippen molar-refractivity contribution in [3.05, 3.63) is 35.2 Å². The lowest BCUT2D eigenvalue weighted by molar-refractivity contribution is 0.258. The average Bonchev–Trinajstić information content (AvgIpc) is 3.20. The molecule has 1 spiro atoms. The van der Waals surface area contributed by atoms with Gasteiger partial charge in [0.25, 0.3) is 0 Å². The predicted octanol–water partition coefficient (Wildman–Crippen LogP) is 4.54. The molecule has 1 N–H and O–H groups in total. The first kappa shape index (κ1) is 16.6. The van der Waals surface area contributed by atoms with Crippen LogP contribution >= 0.6 is 0 Å². The fraction of sp³-hybridized carbons (Fsp3) is 0.650. The van der Waals surface area contributed by atoms with Crippen molar-refractivity contribution >= 4 is 5.69 Å². The van der Waals surface area contributed by atoms with E-state index in [-0.39, 0.29) is 11.5 Å². The van der Waals surface area contributed by atoms with Gasteiger partial charge in [-0.25, -0.2) is 4.68 Å². The van der Waals surface area contributed by atoms with Crippen LogP contribution in [0.5, 0.6) is 0 Å². The summed E-state index contributed by atoms with van der Waals surface area (Å²) in [5.41, 5.74) is 4.26. The minimum atomic E-state index is 0.150. The summed E-state index contributed by atoms with van der Waals surface area (Å²) in [6, 6.07) is 7.03. The van der Waals surface area contributed by atoms with Crippen molar-refractivity contribution in [3.8, 4) is 0 Å². The number of aromatic nitrogens is 4. The van der Waals surface area contributed by atoms with Gasteiger partial charge >= 0.3 is 0 Å². The number of tetrazole rings is 1. The molecule has 4 rings (SSSR count). The highest BCUT2D eigenvalue weighted by molar-refractivity contribution is 5.64. The molecule has 1 atom stereocenters. The van der Waals surface area contributed by atoms with E-state index in [1.165, 1.54) is 61.8 Å². The summed E-state index contributed by atoms with van der Waals surface area (Å²) in [7, 11) is 0. The number of benzene rings is 1. The van der Waals surface area contributed by atoms with Crippen molar-refractivity contribution in [1.82, 2.24) is 20.2 Å². The van der Waals surface area contributed by atoms with Gasteiger partial charge in [-0.15, -0.1) is 5.10 Å². The van der Waals surface area contributed by atoms with Gasteiger partial charge in [0.05, 0.1) is 6.04 Å². The highest BCUT2D eigenvalue weighted by Gasteiger charge is 2.50. The van der Waals surface area contributed by atoms with E-state index in [1.54, 1.807) is 0 Å². The Morgan fingerprint density at radius 2 is 2.04 bits per heavy atom. The van der Waals surface area contributed by atoms with E-state index in [0.29, 0.717) is 0 Å². The zero-order chi connectivity index (χ0) is 17.3. The highest BCUT2D eigenvalue weighted by atomic mass is 15.5. The number of unbranched alkanes of at least 4 members (excludes halogenated alkanes) is 2. The Labute approximate surface area is 150 Å². The lowest BCUT2D eigenvalue weighted by atomic mass is 9.66. The number of rotatable bonds is 5. The summed E-state index contributed by atoms with van der Waals surface area (Å²) in [5, 5.41) is 16.6. The van der Waals surface area contributed by atoms with Crippen LogP contribution in [0, 0.1) is 6.92 Å². The molecule has 0 amide bonds. The third-order valence-electron chi connectivity index (χ3n) is 6.10. The van der Waals surface area contributed by atoms with Gasteiger partial charge < -0.3 is 5.32 Å². The Balaban J connectivity index is 1.71. The van der Waals surface area contributed by atoms with Gasteiger partial charge in [-0.1, -0.05) is 56.7 Å². The summed E-state index contributed by atoms with van der Waals surface area (Å²) in [5.74, 6) is 1.02. The van der Waals surface area contributed by atoms with Gasteiger partial charge in [-0.05, 0) is 48.2 Å². The first-order valence-corrected chi connectivity index (χ1v) is 9.88. The zero-order valence-corrected chi connectivity index (χ0v) is 15.5. The predicted molar refractivity (Wildman–Crippen MR) is 99.6 cm³/mol. The fourth-order valence-corrected chi connectivity index (χ4v) is 4.79. The molecule has 0 saturated heterocycles. The minimum absolute atomic E-state index is 0.150. The second-order valence-corrected chi connectivity index (χ2v) is 7.81. The summed E-state index contributed by atoms with van der Waals surface area (Å²) >= 11 is 0. The van der Waals surface area contributed by atoms with Gasteiger partial charge in [-0.2, -0.15) is 0 Å². The number of fused-ring (bicyclic) bond motifs is 2. The molecule has 2 aliphatic rings. The third-order valence-corrected chi connectivity index (χ3v) is 6.10. The molecule has 1 fully saturated rings. The minimum Gasteiger partial charge on any atom is -0.374 e. The number of hydrogen-bond acceptors (Lipinski definition) is 4. The Hall–Kier alpha value is -1.91. The second kappa shape index (κ2) is 6.77.